The fourth-order valence-corrected chi connectivity index (χ4v) is 6.25. The molecule has 1 N–H and O–H groups in total. The molecule has 0 saturated carbocycles. The van der Waals surface area contributed by atoms with Crippen molar-refractivity contribution < 1.29 is 0 Å². The summed E-state index contributed by atoms with van der Waals surface area (Å²) < 4.78 is 1.23. The number of nitrogens with one attached hydrogen (secondary N) is 1. The van der Waals surface area contributed by atoms with Gasteiger partial charge in [-0.05, 0) is 78.3 Å². The molecule has 2 heterocycles. The number of hydrogen-bond acceptors (Lipinski definition) is 3. The highest BCUT2D eigenvalue weighted by atomic mass is 79.9. The molecule has 3 rings (SSSR count). The smallest absolute Gasteiger partial charge is 0.0704 e. The van der Waals surface area contributed by atoms with Gasteiger partial charge in [-0.2, -0.15) is 0 Å². The van der Waals surface area contributed by atoms with Gasteiger partial charge in [0.1, 0.15) is 0 Å². The van der Waals surface area contributed by atoms with Crippen LogP contribution in [0.25, 0.3) is 0 Å². The predicted molar refractivity (Wildman–Crippen MR) is 97.9 cm³/mol. The van der Waals surface area contributed by atoms with Crippen LogP contribution in [0.1, 0.15) is 58.0 Å². The van der Waals surface area contributed by atoms with Crippen LogP contribution < -0.4 is 5.32 Å². The first-order valence-corrected chi connectivity index (χ1v) is 10.2. The molecule has 2 aromatic heterocycles. The topological polar surface area (TPSA) is 12.0 Å². The van der Waals surface area contributed by atoms with Gasteiger partial charge in [0, 0.05) is 14.6 Å². The highest BCUT2D eigenvalue weighted by molar-refractivity contribution is 9.11. The van der Waals surface area contributed by atoms with Crippen molar-refractivity contribution >= 4 is 38.6 Å². The van der Waals surface area contributed by atoms with Gasteiger partial charge < -0.3 is 5.32 Å². The summed E-state index contributed by atoms with van der Waals surface area (Å²) in [4.78, 5) is 4.55. The molecule has 1 nitrogen and oxygen atoms in total. The van der Waals surface area contributed by atoms with Gasteiger partial charge >= 0.3 is 0 Å². The van der Waals surface area contributed by atoms with Crippen LogP contribution in [0.3, 0.4) is 0 Å². The second-order valence-electron chi connectivity index (χ2n) is 5.71. The maximum atomic E-state index is 3.69. The van der Waals surface area contributed by atoms with Crippen LogP contribution >= 0.6 is 38.6 Å². The molecular weight excluding hydrogens is 362 g/mol. The number of fused-ring (bicyclic) bond motifs is 1. The van der Waals surface area contributed by atoms with Crippen molar-refractivity contribution in [1.29, 1.82) is 0 Å². The minimum Gasteiger partial charge on any atom is -0.306 e. The Bertz CT molecular complexity index is 591. The van der Waals surface area contributed by atoms with Crippen molar-refractivity contribution in [2.45, 2.75) is 52.0 Å². The minimum atomic E-state index is 0.356. The molecule has 21 heavy (non-hydrogen) atoms. The zero-order chi connectivity index (χ0) is 14.8. The summed E-state index contributed by atoms with van der Waals surface area (Å²) in [5.41, 5.74) is 3.05. The van der Waals surface area contributed by atoms with Crippen LogP contribution in [-0.4, -0.2) is 6.54 Å². The Morgan fingerprint density at radius 3 is 2.71 bits per heavy atom. The Labute approximate surface area is 143 Å². The fourth-order valence-electron chi connectivity index (χ4n) is 3.15. The second kappa shape index (κ2) is 6.95. The quantitative estimate of drug-likeness (QED) is 0.652. The van der Waals surface area contributed by atoms with Crippen molar-refractivity contribution in [2.75, 3.05) is 6.54 Å². The first-order valence-electron chi connectivity index (χ1n) is 7.79. The van der Waals surface area contributed by atoms with Gasteiger partial charge in [-0.25, -0.2) is 0 Å². The van der Waals surface area contributed by atoms with E-state index in [1.165, 1.54) is 51.2 Å². The molecule has 0 bridgehead atoms. The summed E-state index contributed by atoms with van der Waals surface area (Å²) in [5.74, 6) is 0. The van der Waals surface area contributed by atoms with E-state index in [-0.39, 0.29) is 0 Å². The van der Waals surface area contributed by atoms with E-state index in [4.69, 9.17) is 0 Å². The summed E-state index contributed by atoms with van der Waals surface area (Å²) in [6, 6.07) is 5.12. The third-order valence-corrected chi connectivity index (χ3v) is 7.07. The molecule has 0 amide bonds. The lowest BCUT2D eigenvalue weighted by molar-refractivity contribution is 0.638. The van der Waals surface area contributed by atoms with Gasteiger partial charge in [0.2, 0.25) is 0 Å². The van der Waals surface area contributed by atoms with Gasteiger partial charge in [-0.3, -0.25) is 0 Å². The summed E-state index contributed by atoms with van der Waals surface area (Å²) >= 11 is 7.51. The lowest BCUT2D eigenvalue weighted by Gasteiger charge is -2.16. The van der Waals surface area contributed by atoms with E-state index in [1.807, 2.05) is 22.7 Å². The molecule has 0 radical (unpaired) electrons. The Hall–Kier alpha value is -0.160. The first-order chi connectivity index (χ1) is 10.2. The molecule has 4 heteroatoms. The molecule has 0 spiro atoms. The molecule has 0 aliphatic heterocycles. The standard InChI is InChI=1S/C17H22BrNS2/c1-3-19-17(13-10-16(18)20-11(13)2)15-9-12-7-5-4-6-8-14(12)21-15/h9-10,17,19H,3-8H2,1-2H3. The zero-order valence-electron chi connectivity index (χ0n) is 12.7. The molecule has 0 aromatic carbocycles. The average Bonchev–Trinajstić information content (AvgIpc) is 2.92. The maximum Gasteiger partial charge on any atom is 0.0704 e. The second-order valence-corrected chi connectivity index (χ2v) is 9.51. The van der Waals surface area contributed by atoms with E-state index in [2.05, 4.69) is 47.2 Å². The van der Waals surface area contributed by atoms with Crippen LogP contribution in [-0.2, 0) is 12.8 Å². The molecule has 114 valence electrons. The van der Waals surface area contributed by atoms with E-state index in [1.54, 1.807) is 10.4 Å². The average molecular weight is 384 g/mol. The number of halogens is 1. The fraction of sp³-hybridized carbons (Fsp3) is 0.529. The van der Waals surface area contributed by atoms with Gasteiger partial charge in [0.25, 0.3) is 0 Å². The van der Waals surface area contributed by atoms with E-state index in [9.17, 15) is 0 Å². The van der Waals surface area contributed by atoms with Gasteiger partial charge in [-0.15, -0.1) is 22.7 Å². The summed E-state index contributed by atoms with van der Waals surface area (Å²) in [7, 11) is 0. The summed E-state index contributed by atoms with van der Waals surface area (Å²) in [6.07, 6.45) is 6.67. The molecule has 1 aliphatic carbocycles. The normalized spacial score (nSPS) is 16.5. The van der Waals surface area contributed by atoms with E-state index in [0.717, 1.165) is 6.54 Å². The minimum absolute atomic E-state index is 0.356. The number of aryl methyl sites for hydroxylation is 3. The highest BCUT2D eigenvalue weighted by Gasteiger charge is 2.22. The van der Waals surface area contributed by atoms with Crippen molar-refractivity contribution in [1.82, 2.24) is 5.32 Å². The molecule has 2 aromatic rings. The summed E-state index contributed by atoms with van der Waals surface area (Å²) in [5, 5.41) is 3.69. The molecule has 0 fully saturated rings. The van der Waals surface area contributed by atoms with Crippen LogP contribution in [0.5, 0.6) is 0 Å². The first kappa shape index (κ1) is 15.7. The number of rotatable bonds is 4. The van der Waals surface area contributed by atoms with Crippen LogP contribution in [0, 0.1) is 6.92 Å². The highest BCUT2D eigenvalue weighted by Crippen LogP contribution is 2.38. The van der Waals surface area contributed by atoms with Crippen LogP contribution in [0.4, 0.5) is 0 Å². The maximum absolute atomic E-state index is 3.69. The third-order valence-electron chi connectivity index (χ3n) is 4.20. The largest absolute Gasteiger partial charge is 0.306 e. The van der Waals surface area contributed by atoms with Gasteiger partial charge in [0.15, 0.2) is 0 Å². The monoisotopic (exact) mass is 383 g/mol. The number of hydrogen-bond donors (Lipinski definition) is 1. The van der Waals surface area contributed by atoms with E-state index in [0.29, 0.717) is 6.04 Å². The Morgan fingerprint density at radius 2 is 2.00 bits per heavy atom. The van der Waals surface area contributed by atoms with E-state index >= 15 is 0 Å². The molecule has 0 saturated heterocycles. The van der Waals surface area contributed by atoms with Gasteiger partial charge in [-0.1, -0.05) is 13.3 Å². The van der Waals surface area contributed by atoms with Crippen molar-refractivity contribution in [3.63, 3.8) is 0 Å². The SMILES string of the molecule is CCNC(c1cc2c(s1)CCCCC2)c1cc(Br)sc1C. The Balaban J connectivity index is 1.96. The third kappa shape index (κ3) is 3.44. The lowest BCUT2D eigenvalue weighted by Crippen LogP contribution is -2.21. The van der Waals surface area contributed by atoms with Crippen molar-refractivity contribution in [3.8, 4) is 0 Å². The molecule has 1 unspecified atom stereocenters. The molecule has 1 aliphatic rings. The lowest BCUT2D eigenvalue weighted by atomic mass is 10.0. The predicted octanol–water partition coefficient (Wildman–Crippen LogP) is 5.85. The molecular formula is C17H22BrNS2. The van der Waals surface area contributed by atoms with Crippen molar-refractivity contribution in [2.24, 2.45) is 0 Å². The Morgan fingerprint density at radius 1 is 1.19 bits per heavy atom. The molecule has 1 atom stereocenters. The van der Waals surface area contributed by atoms with E-state index < -0.39 is 0 Å². The van der Waals surface area contributed by atoms with Crippen molar-refractivity contribution in [3.05, 3.63) is 41.7 Å². The number of thiophene rings is 2. The summed E-state index contributed by atoms with van der Waals surface area (Å²) in [6.45, 7) is 5.43. The van der Waals surface area contributed by atoms with Crippen LogP contribution in [0.15, 0.2) is 15.9 Å². The Kier molecular flexibility index (Phi) is 5.20. The van der Waals surface area contributed by atoms with Gasteiger partial charge in [0.05, 0.1) is 9.83 Å². The zero-order valence-corrected chi connectivity index (χ0v) is 15.9. The van der Waals surface area contributed by atoms with Crippen LogP contribution in [0.2, 0.25) is 0 Å².